The second-order valence-corrected chi connectivity index (χ2v) is 10.4. The standard InChI is InChI=1S/C24H33N5O4S/c1-4-12-29(15-19-7-8-19)23-14-22(25-16-26-23)24(31)28-21-10-9-20(13-17(21)2)34(32,33)27-11-5-6-18(3)30/h9-10,13-14,16,19,27,30H,3-8,11-12,15H2,1-2H3,(H,28,31). The van der Waals surface area contributed by atoms with Crippen LogP contribution in [0.15, 0.2) is 47.8 Å². The number of nitrogens with zero attached hydrogens (tertiary/aromatic N) is 3. The summed E-state index contributed by atoms with van der Waals surface area (Å²) in [5.41, 5.74) is 1.37. The van der Waals surface area contributed by atoms with Gasteiger partial charge in [0.15, 0.2) is 0 Å². The number of benzene rings is 1. The summed E-state index contributed by atoms with van der Waals surface area (Å²) in [4.78, 5) is 23.7. The maximum atomic E-state index is 12.9. The second-order valence-electron chi connectivity index (χ2n) is 8.65. The van der Waals surface area contributed by atoms with Crippen molar-refractivity contribution in [1.29, 1.82) is 0 Å². The molecule has 1 aromatic carbocycles. The van der Waals surface area contributed by atoms with E-state index in [0.29, 0.717) is 30.0 Å². The number of carbonyl (C=O) groups is 1. The number of aliphatic hydroxyl groups is 1. The van der Waals surface area contributed by atoms with Crippen LogP contribution < -0.4 is 14.9 Å². The molecule has 3 N–H and O–H groups in total. The molecule has 184 valence electrons. The molecule has 2 aromatic rings. The number of aryl methyl sites for hydroxylation is 1. The van der Waals surface area contributed by atoms with Crippen molar-refractivity contribution in [1.82, 2.24) is 14.7 Å². The first-order chi connectivity index (χ1) is 16.2. The Bertz CT molecular complexity index is 1130. The minimum absolute atomic E-state index is 0.0203. The third-order valence-corrected chi connectivity index (χ3v) is 7.03. The number of nitrogens with one attached hydrogen (secondary N) is 2. The summed E-state index contributed by atoms with van der Waals surface area (Å²) in [7, 11) is -3.70. The molecule has 3 rings (SSSR count). The van der Waals surface area contributed by atoms with Gasteiger partial charge in [-0.1, -0.05) is 13.5 Å². The van der Waals surface area contributed by atoms with E-state index in [1.165, 1.54) is 31.3 Å². The van der Waals surface area contributed by atoms with Gasteiger partial charge in [-0.25, -0.2) is 23.1 Å². The van der Waals surface area contributed by atoms with Crippen molar-refractivity contribution >= 4 is 27.4 Å². The highest BCUT2D eigenvalue weighted by atomic mass is 32.2. The van der Waals surface area contributed by atoms with Crippen molar-refractivity contribution in [3.8, 4) is 0 Å². The lowest BCUT2D eigenvalue weighted by molar-refractivity contribution is 0.102. The number of allylic oxidation sites excluding steroid dienone is 1. The first-order valence-corrected chi connectivity index (χ1v) is 13.0. The fraction of sp³-hybridized carbons (Fsp3) is 0.458. The molecule has 0 spiro atoms. The molecule has 0 aliphatic heterocycles. The van der Waals surface area contributed by atoms with Crippen molar-refractivity contribution < 1.29 is 18.3 Å². The van der Waals surface area contributed by atoms with Gasteiger partial charge in [0.05, 0.1) is 10.7 Å². The van der Waals surface area contributed by atoms with E-state index in [1.807, 2.05) is 0 Å². The molecule has 0 bridgehead atoms. The Balaban J connectivity index is 1.67. The number of aliphatic hydroxyl groups excluding tert-OH is 1. The molecule has 34 heavy (non-hydrogen) atoms. The Labute approximate surface area is 201 Å². The van der Waals surface area contributed by atoms with E-state index in [4.69, 9.17) is 5.11 Å². The summed E-state index contributed by atoms with van der Waals surface area (Å²) in [5.74, 6) is 1.07. The van der Waals surface area contributed by atoms with Crippen molar-refractivity contribution in [2.24, 2.45) is 5.92 Å². The normalized spacial score (nSPS) is 13.5. The lowest BCUT2D eigenvalue weighted by Crippen LogP contribution is -2.28. The topological polar surface area (TPSA) is 125 Å². The number of carbonyl (C=O) groups excluding carboxylic acids is 1. The first kappa shape index (κ1) is 25.6. The highest BCUT2D eigenvalue weighted by molar-refractivity contribution is 7.89. The van der Waals surface area contributed by atoms with E-state index < -0.39 is 10.0 Å². The van der Waals surface area contributed by atoms with E-state index in [-0.39, 0.29) is 28.8 Å². The summed E-state index contributed by atoms with van der Waals surface area (Å²) in [6, 6.07) is 6.22. The van der Waals surface area contributed by atoms with E-state index >= 15 is 0 Å². The molecule has 9 nitrogen and oxygen atoms in total. The zero-order chi connectivity index (χ0) is 24.7. The third-order valence-electron chi connectivity index (χ3n) is 5.57. The summed E-state index contributed by atoms with van der Waals surface area (Å²) in [6.45, 7) is 9.21. The third kappa shape index (κ3) is 7.26. The van der Waals surface area contributed by atoms with Gasteiger partial charge in [0.25, 0.3) is 5.91 Å². The predicted molar refractivity (Wildman–Crippen MR) is 133 cm³/mol. The number of aromatic nitrogens is 2. The molecule has 1 aromatic heterocycles. The highest BCUT2D eigenvalue weighted by Crippen LogP contribution is 2.31. The zero-order valence-electron chi connectivity index (χ0n) is 19.7. The van der Waals surface area contributed by atoms with Crippen LogP contribution in [-0.2, 0) is 10.0 Å². The average molecular weight is 488 g/mol. The summed E-state index contributed by atoms with van der Waals surface area (Å²) < 4.78 is 27.5. The van der Waals surface area contributed by atoms with Crippen molar-refractivity contribution in [2.75, 3.05) is 29.9 Å². The maximum Gasteiger partial charge on any atom is 0.274 e. The highest BCUT2D eigenvalue weighted by Gasteiger charge is 2.25. The molecule has 1 aliphatic rings. The van der Waals surface area contributed by atoms with Crippen molar-refractivity contribution in [3.05, 3.63) is 54.2 Å². The van der Waals surface area contributed by atoms with Crippen LogP contribution >= 0.6 is 0 Å². The van der Waals surface area contributed by atoms with Crippen LogP contribution in [0.3, 0.4) is 0 Å². The number of sulfonamides is 1. The monoisotopic (exact) mass is 487 g/mol. The fourth-order valence-corrected chi connectivity index (χ4v) is 4.70. The summed E-state index contributed by atoms with van der Waals surface area (Å²) in [5, 5.41) is 11.9. The number of amides is 1. The van der Waals surface area contributed by atoms with Crippen molar-refractivity contribution in [2.45, 2.75) is 50.8 Å². The Kier molecular flexibility index (Phi) is 8.62. The Morgan fingerprint density at radius 1 is 1.26 bits per heavy atom. The van der Waals surface area contributed by atoms with Gasteiger partial charge in [-0.05, 0) is 62.3 Å². The molecular weight excluding hydrogens is 454 g/mol. The van der Waals surface area contributed by atoms with Crippen LogP contribution in [0.4, 0.5) is 11.5 Å². The Hall–Kier alpha value is -2.98. The van der Waals surface area contributed by atoms with Crippen LogP contribution in [0.5, 0.6) is 0 Å². The molecule has 1 aliphatic carbocycles. The molecule has 0 unspecified atom stereocenters. The fourth-order valence-electron chi connectivity index (χ4n) is 3.54. The Morgan fingerprint density at radius 3 is 2.68 bits per heavy atom. The number of rotatable bonds is 13. The number of hydrogen-bond acceptors (Lipinski definition) is 7. The molecule has 0 atom stereocenters. The van der Waals surface area contributed by atoms with Crippen LogP contribution in [-0.4, -0.2) is 49.0 Å². The largest absolute Gasteiger partial charge is 0.513 e. The molecule has 1 saturated carbocycles. The molecular formula is C24H33N5O4S. The van der Waals surface area contributed by atoms with Crippen LogP contribution in [0.2, 0.25) is 0 Å². The van der Waals surface area contributed by atoms with Gasteiger partial charge in [0.1, 0.15) is 17.8 Å². The van der Waals surface area contributed by atoms with Gasteiger partial charge < -0.3 is 15.3 Å². The SMILES string of the molecule is C=C(O)CCCNS(=O)(=O)c1ccc(NC(=O)c2cc(N(CCC)CC3CC3)ncn2)c(C)c1. The average Bonchev–Trinajstić information content (AvgIpc) is 3.62. The minimum Gasteiger partial charge on any atom is -0.513 e. The van der Waals surface area contributed by atoms with Gasteiger partial charge in [0, 0.05) is 37.8 Å². The lowest BCUT2D eigenvalue weighted by atomic mass is 10.2. The Morgan fingerprint density at radius 2 is 2.03 bits per heavy atom. The number of hydrogen-bond donors (Lipinski definition) is 3. The van der Waals surface area contributed by atoms with Crippen LogP contribution in [0.25, 0.3) is 0 Å². The van der Waals surface area contributed by atoms with Gasteiger partial charge in [-0.15, -0.1) is 0 Å². The van der Waals surface area contributed by atoms with Crippen LogP contribution in [0, 0.1) is 12.8 Å². The van der Waals surface area contributed by atoms with Crippen LogP contribution in [0.1, 0.15) is 55.1 Å². The molecule has 0 radical (unpaired) electrons. The predicted octanol–water partition coefficient (Wildman–Crippen LogP) is 3.79. The molecule has 1 heterocycles. The molecule has 1 amide bonds. The maximum absolute atomic E-state index is 12.9. The van der Waals surface area contributed by atoms with Gasteiger partial charge >= 0.3 is 0 Å². The summed E-state index contributed by atoms with van der Waals surface area (Å²) >= 11 is 0. The number of anilines is 2. The molecule has 10 heteroatoms. The quantitative estimate of drug-likeness (QED) is 0.290. The molecule has 0 saturated heterocycles. The summed E-state index contributed by atoms with van der Waals surface area (Å²) in [6.07, 6.45) is 5.63. The lowest BCUT2D eigenvalue weighted by Gasteiger charge is -2.23. The minimum atomic E-state index is -3.70. The van der Waals surface area contributed by atoms with E-state index in [1.54, 1.807) is 19.1 Å². The van der Waals surface area contributed by atoms with Gasteiger partial charge in [-0.3, -0.25) is 4.79 Å². The van der Waals surface area contributed by atoms with E-state index in [0.717, 1.165) is 25.3 Å². The van der Waals surface area contributed by atoms with Gasteiger partial charge in [0.2, 0.25) is 10.0 Å². The second kappa shape index (κ2) is 11.4. The van der Waals surface area contributed by atoms with Crippen molar-refractivity contribution in [3.63, 3.8) is 0 Å². The van der Waals surface area contributed by atoms with E-state index in [2.05, 4.69) is 38.4 Å². The molecule has 1 fully saturated rings. The van der Waals surface area contributed by atoms with Gasteiger partial charge in [-0.2, -0.15) is 0 Å². The smallest absolute Gasteiger partial charge is 0.274 e. The van der Waals surface area contributed by atoms with E-state index in [9.17, 15) is 13.2 Å². The zero-order valence-corrected chi connectivity index (χ0v) is 20.6. The first-order valence-electron chi connectivity index (χ1n) is 11.5.